The molecular weight excluding hydrogens is 192 g/mol. The lowest BCUT2D eigenvalue weighted by molar-refractivity contribution is -0.144. The second kappa shape index (κ2) is 3.35. The van der Waals surface area contributed by atoms with Crippen molar-refractivity contribution >= 4 is 11.8 Å². The predicted molar refractivity (Wildman–Crippen MR) is 54.6 cm³/mol. The molecule has 1 aromatic rings. The summed E-state index contributed by atoms with van der Waals surface area (Å²) >= 11 is 0. The molecule has 0 spiro atoms. The smallest absolute Gasteiger partial charge is 0.321 e. The molecule has 0 heterocycles. The molecule has 0 bridgehead atoms. The van der Waals surface area contributed by atoms with Crippen molar-refractivity contribution in [3.05, 3.63) is 48.0 Å². The number of benzene rings is 1. The fourth-order valence-electron chi connectivity index (χ4n) is 1.62. The van der Waals surface area contributed by atoms with Gasteiger partial charge in [-0.25, -0.2) is 0 Å². The van der Waals surface area contributed by atoms with Crippen LogP contribution in [0.5, 0.6) is 0 Å². The Morgan fingerprint density at radius 3 is 2.20 bits per heavy atom. The summed E-state index contributed by atoms with van der Waals surface area (Å²) in [5, 5.41) is 9.04. The van der Waals surface area contributed by atoms with Crippen molar-refractivity contribution in [2.75, 3.05) is 0 Å². The molecule has 0 aliphatic heterocycles. The molecular formula is C12H10O3. The van der Waals surface area contributed by atoms with E-state index in [0.29, 0.717) is 5.56 Å². The van der Waals surface area contributed by atoms with E-state index in [0.717, 1.165) is 0 Å². The van der Waals surface area contributed by atoms with Gasteiger partial charge in [-0.05, 0) is 6.42 Å². The quantitative estimate of drug-likeness (QED) is 0.462. The Balaban J connectivity index is 2.37. The van der Waals surface area contributed by atoms with Crippen molar-refractivity contribution in [1.29, 1.82) is 0 Å². The molecule has 3 nitrogen and oxygen atoms in total. The van der Waals surface area contributed by atoms with Crippen molar-refractivity contribution in [1.82, 2.24) is 0 Å². The highest BCUT2D eigenvalue weighted by molar-refractivity contribution is 6.14. The van der Waals surface area contributed by atoms with Gasteiger partial charge in [0.1, 0.15) is 0 Å². The zero-order valence-corrected chi connectivity index (χ0v) is 8.01. The van der Waals surface area contributed by atoms with Crippen molar-refractivity contribution < 1.29 is 14.7 Å². The first-order chi connectivity index (χ1) is 7.17. The number of hydrogen-bond acceptors (Lipinski definition) is 2. The third-order valence-electron chi connectivity index (χ3n) is 2.66. The van der Waals surface area contributed by atoms with E-state index in [9.17, 15) is 9.59 Å². The molecule has 1 aliphatic carbocycles. The summed E-state index contributed by atoms with van der Waals surface area (Å²) in [5.74, 6) is -1.41. The van der Waals surface area contributed by atoms with Gasteiger partial charge in [-0.1, -0.05) is 42.5 Å². The van der Waals surface area contributed by atoms with Crippen LogP contribution in [0.15, 0.2) is 42.5 Å². The first kappa shape index (κ1) is 9.65. The summed E-state index contributed by atoms with van der Waals surface area (Å²) in [6, 6.07) is 8.52. The number of allylic oxidation sites excluding steroid dienone is 1. The number of ketones is 1. The van der Waals surface area contributed by atoms with E-state index in [1.807, 2.05) is 0 Å². The summed E-state index contributed by atoms with van der Waals surface area (Å²) in [5.41, 5.74) is -0.870. The molecule has 3 heteroatoms. The summed E-state index contributed by atoms with van der Waals surface area (Å²) in [4.78, 5) is 23.0. The number of carbonyl (C=O) groups is 2. The van der Waals surface area contributed by atoms with Crippen LogP contribution in [0.2, 0.25) is 0 Å². The minimum absolute atomic E-state index is 0.288. The van der Waals surface area contributed by atoms with Crippen molar-refractivity contribution in [3.8, 4) is 0 Å². The first-order valence-electron chi connectivity index (χ1n) is 4.68. The lowest BCUT2D eigenvalue weighted by Gasteiger charge is -2.29. The monoisotopic (exact) mass is 202 g/mol. The van der Waals surface area contributed by atoms with Crippen molar-refractivity contribution in [2.24, 2.45) is 5.41 Å². The van der Waals surface area contributed by atoms with Gasteiger partial charge >= 0.3 is 5.97 Å². The second-order valence-electron chi connectivity index (χ2n) is 3.58. The largest absolute Gasteiger partial charge is 0.480 e. The van der Waals surface area contributed by atoms with Crippen LogP contribution in [0.1, 0.15) is 16.8 Å². The Morgan fingerprint density at radius 2 is 1.80 bits per heavy atom. The van der Waals surface area contributed by atoms with Crippen LogP contribution in [0.25, 0.3) is 0 Å². The van der Waals surface area contributed by atoms with Gasteiger partial charge in [0.05, 0.1) is 0 Å². The number of carboxylic acids is 1. The summed E-state index contributed by atoms with van der Waals surface area (Å²) in [7, 11) is 0. The van der Waals surface area contributed by atoms with Gasteiger partial charge < -0.3 is 5.11 Å². The molecule has 1 aliphatic rings. The maximum atomic E-state index is 12.0. The highest BCUT2D eigenvalue weighted by Crippen LogP contribution is 2.36. The van der Waals surface area contributed by atoms with Crippen LogP contribution >= 0.6 is 0 Å². The number of carbonyl (C=O) groups excluding carboxylic acids is 1. The van der Waals surface area contributed by atoms with Crippen LogP contribution in [0.4, 0.5) is 0 Å². The lowest BCUT2D eigenvalue weighted by Crippen LogP contribution is -2.41. The van der Waals surface area contributed by atoms with E-state index in [1.165, 1.54) is 6.08 Å². The van der Waals surface area contributed by atoms with E-state index >= 15 is 0 Å². The van der Waals surface area contributed by atoms with Crippen molar-refractivity contribution in [2.45, 2.75) is 6.42 Å². The normalized spacial score (nSPS) is 23.2. The number of aliphatic carboxylic acids is 1. The molecule has 15 heavy (non-hydrogen) atoms. The Labute approximate surface area is 87.0 Å². The van der Waals surface area contributed by atoms with Crippen LogP contribution in [0, 0.1) is 5.41 Å². The van der Waals surface area contributed by atoms with Crippen LogP contribution in [-0.4, -0.2) is 16.9 Å². The Hall–Kier alpha value is -1.90. The van der Waals surface area contributed by atoms with Crippen molar-refractivity contribution in [3.63, 3.8) is 0 Å². The Bertz CT molecular complexity index is 433. The van der Waals surface area contributed by atoms with E-state index in [1.54, 1.807) is 36.4 Å². The maximum absolute atomic E-state index is 12.0. The lowest BCUT2D eigenvalue weighted by atomic mass is 9.71. The first-order valence-corrected chi connectivity index (χ1v) is 4.68. The third-order valence-corrected chi connectivity index (χ3v) is 2.66. The van der Waals surface area contributed by atoms with Gasteiger partial charge in [0.2, 0.25) is 0 Å². The van der Waals surface area contributed by atoms with Gasteiger partial charge in [-0.3, -0.25) is 9.59 Å². The number of rotatable bonds is 3. The Kier molecular flexibility index (Phi) is 2.15. The molecule has 2 rings (SSSR count). The third kappa shape index (κ3) is 1.36. The molecule has 1 N–H and O–H groups in total. The highest BCUT2D eigenvalue weighted by atomic mass is 16.4. The average molecular weight is 202 g/mol. The van der Waals surface area contributed by atoms with Gasteiger partial charge in [0.25, 0.3) is 0 Å². The van der Waals surface area contributed by atoms with Crippen LogP contribution < -0.4 is 0 Å². The van der Waals surface area contributed by atoms with E-state index in [4.69, 9.17) is 5.11 Å². The zero-order chi connectivity index (χ0) is 10.9. The molecule has 1 atom stereocenters. The van der Waals surface area contributed by atoms with E-state index in [2.05, 4.69) is 0 Å². The van der Waals surface area contributed by atoms with Crippen LogP contribution in [-0.2, 0) is 4.79 Å². The Morgan fingerprint density at radius 1 is 1.20 bits per heavy atom. The SMILES string of the molecule is O=C(O)C1(C(=O)c2ccccc2)C=CC1. The average Bonchev–Trinajstić information content (AvgIpc) is 2.16. The minimum atomic E-state index is -1.32. The van der Waals surface area contributed by atoms with Gasteiger partial charge in [0, 0.05) is 5.56 Å². The minimum Gasteiger partial charge on any atom is -0.480 e. The molecule has 0 amide bonds. The zero-order valence-electron chi connectivity index (χ0n) is 8.01. The second-order valence-corrected chi connectivity index (χ2v) is 3.58. The molecule has 0 saturated carbocycles. The molecule has 1 unspecified atom stereocenters. The standard InChI is InChI=1S/C12H10O3/c13-10(9-5-2-1-3-6-9)12(11(14)15)7-4-8-12/h1-7H,8H2,(H,14,15). The van der Waals surface area contributed by atoms with Gasteiger partial charge in [0.15, 0.2) is 11.2 Å². The maximum Gasteiger partial charge on any atom is 0.321 e. The molecule has 0 saturated heterocycles. The number of carboxylic acid groups (broad SMARTS) is 1. The molecule has 76 valence electrons. The number of Topliss-reactive ketones (excluding diaryl/α,β-unsaturated/α-hetero) is 1. The molecule has 0 fully saturated rings. The fourth-order valence-corrected chi connectivity index (χ4v) is 1.62. The van der Waals surface area contributed by atoms with Gasteiger partial charge in [-0.2, -0.15) is 0 Å². The van der Waals surface area contributed by atoms with Crippen LogP contribution in [0.3, 0.4) is 0 Å². The fraction of sp³-hybridized carbons (Fsp3) is 0.167. The van der Waals surface area contributed by atoms with E-state index < -0.39 is 11.4 Å². The summed E-state index contributed by atoms with van der Waals surface area (Å²) < 4.78 is 0. The van der Waals surface area contributed by atoms with Gasteiger partial charge in [-0.15, -0.1) is 0 Å². The molecule has 0 radical (unpaired) electrons. The number of hydrogen-bond donors (Lipinski definition) is 1. The summed E-state index contributed by atoms with van der Waals surface area (Å²) in [6.45, 7) is 0. The predicted octanol–water partition coefficient (Wildman–Crippen LogP) is 1.90. The topological polar surface area (TPSA) is 54.4 Å². The highest BCUT2D eigenvalue weighted by Gasteiger charge is 2.47. The summed E-state index contributed by atoms with van der Waals surface area (Å²) in [6.07, 6.45) is 3.45. The molecule has 1 aromatic carbocycles. The molecule has 0 aromatic heterocycles. The van der Waals surface area contributed by atoms with E-state index in [-0.39, 0.29) is 12.2 Å².